The molecule has 20 heavy (non-hydrogen) atoms. The van der Waals surface area contributed by atoms with Gasteiger partial charge in [0.25, 0.3) is 5.91 Å². The summed E-state index contributed by atoms with van der Waals surface area (Å²) in [5.41, 5.74) is 1.64. The zero-order chi connectivity index (χ0) is 14.5. The zero-order valence-electron chi connectivity index (χ0n) is 11.5. The second kappa shape index (κ2) is 6.82. The Morgan fingerprint density at radius 2 is 1.80 bits per heavy atom. The predicted octanol–water partition coefficient (Wildman–Crippen LogP) is 4.33. The number of nitrogens with zero attached hydrogens (tertiary/aromatic N) is 1. The first-order valence-corrected chi connectivity index (χ1v) is 7.85. The van der Waals surface area contributed by atoms with Crippen molar-refractivity contribution in [2.24, 2.45) is 0 Å². The molecular weight excluding hydrogens is 290 g/mol. The fourth-order valence-electron chi connectivity index (χ4n) is 1.91. The summed E-state index contributed by atoms with van der Waals surface area (Å²) in [6.45, 7) is 0.503. The van der Waals surface area contributed by atoms with E-state index < -0.39 is 0 Å². The summed E-state index contributed by atoms with van der Waals surface area (Å²) in [4.78, 5) is 15.2. The summed E-state index contributed by atoms with van der Waals surface area (Å²) in [5, 5.41) is 0.685. The fourth-order valence-corrected chi connectivity index (χ4v) is 2.51. The third-order valence-electron chi connectivity index (χ3n) is 3.05. The van der Waals surface area contributed by atoms with E-state index in [0.717, 1.165) is 10.5 Å². The lowest BCUT2D eigenvalue weighted by molar-refractivity contribution is 0.0785. The number of rotatable bonds is 4. The van der Waals surface area contributed by atoms with E-state index in [4.69, 9.17) is 11.6 Å². The largest absolute Gasteiger partial charge is 0.337 e. The Kier molecular flexibility index (Phi) is 5.10. The van der Waals surface area contributed by atoms with Gasteiger partial charge in [-0.25, -0.2) is 0 Å². The Hall–Kier alpha value is -1.45. The molecule has 2 aromatic carbocycles. The highest BCUT2D eigenvalue weighted by Crippen LogP contribution is 2.19. The Balaban J connectivity index is 2.10. The maximum atomic E-state index is 12.3. The number of carbonyl (C=O) groups excluding carboxylic acids is 1. The van der Waals surface area contributed by atoms with Crippen LogP contribution in [-0.4, -0.2) is 24.1 Å². The number of amides is 1. The second-order valence-corrected chi connectivity index (χ2v) is 5.77. The van der Waals surface area contributed by atoms with Gasteiger partial charge in [-0.2, -0.15) is 0 Å². The molecule has 0 saturated carbocycles. The molecule has 0 spiro atoms. The summed E-state index contributed by atoms with van der Waals surface area (Å²) in [7, 11) is 1.79. The maximum Gasteiger partial charge on any atom is 0.253 e. The monoisotopic (exact) mass is 305 g/mol. The normalized spacial score (nSPS) is 10.3. The van der Waals surface area contributed by atoms with Gasteiger partial charge in [0.15, 0.2) is 0 Å². The van der Waals surface area contributed by atoms with Crippen LogP contribution in [0.15, 0.2) is 53.4 Å². The Labute approximate surface area is 128 Å². The van der Waals surface area contributed by atoms with Crippen LogP contribution >= 0.6 is 23.4 Å². The summed E-state index contributed by atoms with van der Waals surface area (Å²) in [6.07, 6.45) is 2.01. The second-order valence-electron chi connectivity index (χ2n) is 4.48. The molecule has 104 valence electrons. The van der Waals surface area contributed by atoms with Crippen molar-refractivity contribution in [3.8, 4) is 0 Å². The number of hydrogen-bond donors (Lipinski definition) is 0. The van der Waals surface area contributed by atoms with Crippen molar-refractivity contribution in [2.45, 2.75) is 11.4 Å². The topological polar surface area (TPSA) is 20.3 Å². The van der Waals surface area contributed by atoms with E-state index in [1.165, 1.54) is 0 Å². The molecule has 0 saturated heterocycles. The fraction of sp³-hybridized carbons (Fsp3) is 0.188. The van der Waals surface area contributed by atoms with Crippen LogP contribution in [0, 0.1) is 0 Å². The van der Waals surface area contributed by atoms with Gasteiger partial charge in [-0.3, -0.25) is 4.79 Å². The molecule has 0 N–H and O–H groups in total. The van der Waals surface area contributed by atoms with Crippen LogP contribution < -0.4 is 0 Å². The number of halogens is 1. The van der Waals surface area contributed by atoms with Crippen LogP contribution in [0.1, 0.15) is 15.9 Å². The van der Waals surface area contributed by atoms with Crippen LogP contribution in [0.2, 0.25) is 5.02 Å². The smallest absolute Gasteiger partial charge is 0.253 e. The van der Waals surface area contributed by atoms with E-state index in [0.29, 0.717) is 17.1 Å². The molecule has 4 heteroatoms. The number of hydrogen-bond acceptors (Lipinski definition) is 2. The van der Waals surface area contributed by atoms with Crippen LogP contribution in [0.25, 0.3) is 0 Å². The molecular formula is C16H16ClNOS. The molecule has 2 rings (SSSR count). The van der Waals surface area contributed by atoms with Gasteiger partial charge in [-0.15, -0.1) is 11.8 Å². The van der Waals surface area contributed by atoms with E-state index >= 15 is 0 Å². The molecule has 2 nitrogen and oxygen atoms in total. The minimum atomic E-state index is -0.00225. The van der Waals surface area contributed by atoms with Crippen LogP contribution in [0.5, 0.6) is 0 Å². The van der Waals surface area contributed by atoms with E-state index in [1.807, 2.05) is 54.8 Å². The van der Waals surface area contributed by atoms with Crippen LogP contribution in [-0.2, 0) is 6.54 Å². The summed E-state index contributed by atoms with van der Waals surface area (Å²) < 4.78 is 0. The quantitative estimate of drug-likeness (QED) is 0.783. The molecule has 0 aliphatic rings. The highest BCUT2D eigenvalue weighted by atomic mass is 35.5. The minimum absolute atomic E-state index is 0.00225. The lowest BCUT2D eigenvalue weighted by Crippen LogP contribution is -2.26. The summed E-state index contributed by atoms with van der Waals surface area (Å²) >= 11 is 7.78. The van der Waals surface area contributed by atoms with Gasteiger partial charge < -0.3 is 4.90 Å². The van der Waals surface area contributed by atoms with E-state index in [1.54, 1.807) is 23.7 Å². The number of carbonyl (C=O) groups is 1. The molecule has 0 atom stereocenters. The van der Waals surface area contributed by atoms with Gasteiger partial charge in [0.05, 0.1) is 0 Å². The molecule has 0 unspecified atom stereocenters. The molecule has 0 bridgehead atoms. The standard InChI is InChI=1S/C16H16ClNOS/c1-18(11-13-5-3-4-6-15(13)17)16(19)12-7-9-14(20-2)10-8-12/h3-10H,11H2,1-2H3. The van der Waals surface area contributed by atoms with Gasteiger partial charge >= 0.3 is 0 Å². The zero-order valence-corrected chi connectivity index (χ0v) is 13.0. The van der Waals surface area contributed by atoms with E-state index in [-0.39, 0.29) is 5.91 Å². The van der Waals surface area contributed by atoms with Crippen molar-refractivity contribution < 1.29 is 4.79 Å². The first kappa shape index (κ1) is 14.9. The van der Waals surface area contributed by atoms with Crippen molar-refractivity contribution in [1.29, 1.82) is 0 Å². The van der Waals surface area contributed by atoms with Crippen molar-refractivity contribution in [1.82, 2.24) is 4.90 Å². The van der Waals surface area contributed by atoms with Crippen molar-refractivity contribution in [3.05, 3.63) is 64.7 Å². The minimum Gasteiger partial charge on any atom is -0.337 e. The van der Waals surface area contributed by atoms with Crippen molar-refractivity contribution in [3.63, 3.8) is 0 Å². The number of thioether (sulfide) groups is 1. The van der Waals surface area contributed by atoms with Crippen LogP contribution in [0.4, 0.5) is 0 Å². The molecule has 2 aromatic rings. The van der Waals surface area contributed by atoms with Crippen LogP contribution in [0.3, 0.4) is 0 Å². The molecule has 0 aromatic heterocycles. The molecule has 0 fully saturated rings. The van der Waals surface area contributed by atoms with Gasteiger partial charge in [-0.05, 0) is 42.2 Å². The summed E-state index contributed by atoms with van der Waals surface area (Å²) in [6, 6.07) is 15.2. The van der Waals surface area contributed by atoms with E-state index in [9.17, 15) is 4.79 Å². The third-order valence-corrected chi connectivity index (χ3v) is 4.16. The molecule has 0 aliphatic heterocycles. The Bertz CT molecular complexity index is 598. The molecule has 0 radical (unpaired) electrons. The molecule has 0 heterocycles. The SMILES string of the molecule is CSc1ccc(C(=O)N(C)Cc2ccccc2Cl)cc1. The first-order valence-electron chi connectivity index (χ1n) is 6.24. The molecule has 0 aliphatic carbocycles. The highest BCUT2D eigenvalue weighted by Gasteiger charge is 2.13. The number of benzene rings is 2. The maximum absolute atomic E-state index is 12.3. The third kappa shape index (κ3) is 3.56. The Morgan fingerprint density at radius 3 is 2.40 bits per heavy atom. The van der Waals surface area contributed by atoms with Gasteiger partial charge in [0, 0.05) is 29.1 Å². The first-order chi connectivity index (χ1) is 9.61. The van der Waals surface area contributed by atoms with Gasteiger partial charge in [0.2, 0.25) is 0 Å². The Morgan fingerprint density at radius 1 is 1.15 bits per heavy atom. The predicted molar refractivity (Wildman–Crippen MR) is 85.5 cm³/mol. The average molecular weight is 306 g/mol. The lowest BCUT2D eigenvalue weighted by atomic mass is 10.1. The van der Waals surface area contributed by atoms with E-state index in [2.05, 4.69) is 0 Å². The van der Waals surface area contributed by atoms with Gasteiger partial charge in [0.1, 0.15) is 0 Å². The lowest BCUT2D eigenvalue weighted by Gasteiger charge is -2.18. The van der Waals surface area contributed by atoms with Gasteiger partial charge in [-0.1, -0.05) is 29.8 Å². The summed E-state index contributed by atoms with van der Waals surface area (Å²) in [5.74, 6) is -0.00225. The highest BCUT2D eigenvalue weighted by molar-refractivity contribution is 7.98. The van der Waals surface area contributed by atoms with Crippen molar-refractivity contribution in [2.75, 3.05) is 13.3 Å². The van der Waals surface area contributed by atoms with Crippen molar-refractivity contribution >= 4 is 29.3 Å². The molecule has 1 amide bonds. The average Bonchev–Trinajstić information content (AvgIpc) is 2.49.